The van der Waals surface area contributed by atoms with Crippen molar-refractivity contribution in [2.45, 2.75) is 12.3 Å². The molecule has 1 atom stereocenters. The Kier molecular flexibility index (Phi) is 4.03. The van der Waals surface area contributed by atoms with Gasteiger partial charge >= 0.3 is 0 Å². The minimum atomic E-state index is -1.34. The molecule has 0 aliphatic rings. The average molecular weight is 234 g/mol. The zero-order chi connectivity index (χ0) is 11.4. The third-order valence-corrected chi connectivity index (χ3v) is 2.25. The second-order valence-corrected chi connectivity index (χ2v) is 3.33. The number of likely N-dealkylation sites (N-methyl/N-ethyl adjacent to an activating group) is 1. The molecule has 1 amide bonds. The summed E-state index contributed by atoms with van der Waals surface area (Å²) in [5.41, 5.74) is -0.412. The van der Waals surface area contributed by atoms with Crippen molar-refractivity contribution in [3.05, 3.63) is 35.4 Å². The van der Waals surface area contributed by atoms with E-state index in [0.717, 1.165) is 12.1 Å². The number of rotatable bonds is 3. The van der Waals surface area contributed by atoms with Gasteiger partial charge in [-0.05, 0) is 19.1 Å². The first-order chi connectivity index (χ1) is 7.07. The molecule has 0 aliphatic carbocycles. The molecule has 0 saturated heterocycles. The van der Waals surface area contributed by atoms with E-state index < -0.39 is 28.5 Å². The maximum atomic E-state index is 13.2. The molecule has 2 nitrogen and oxygen atoms in total. The SMILES string of the molecule is CCNC(=O)C(Cl)c1c(F)cccc1F. The Bertz CT molecular complexity index is 350. The highest BCUT2D eigenvalue weighted by Crippen LogP contribution is 2.26. The van der Waals surface area contributed by atoms with Crippen molar-refractivity contribution in [1.82, 2.24) is 5.32 Å². The average Bonchev–Trinajstić information content (AvgIpc) is 2.17. The predicted molar refractivity (Wildman–Crippen MR) is 53.6 cm³/mol. The zero-order valence-electron chi connectivity index (χ0n) is 8.06. The molecular weight excluding hydrogens is 224 g/mol. The Balaban J connectivity index is 3.00. The van der Waals surface area contributed by atoms with Crippen LogP contribution in [0.5, 0.6) is 0 Å². The number of halogens is 3. The van der Waals surface area contributed by atoms with E-state index in [9.17, 15) is 13.6 Å². The molecule has 1 N–H and O–H groups in total. The molecule has 0 aliphatic heterocycles. The standard InChI is InChI=1S/C10H10ClF2NO/c1-2-14-10(15)9(11)8-6(12)4-3-5-7(8)13/h3-5,9H,2H2,1H3,(H,14,15). The Hall–Kier alpha value is -1.16. The molecule has 0 bridgehead atoms. The fourth-order valence-corrected chi connectivity index (χ4v) is 1.43. The maximum Gasteiger partial charge on any atom is 0.242 e. The lowest BCUT2D eigenvalue weighted by Gasteiger charge is -2.11. The van der Waals surface area contributed by atoms with Crippen LogP contribution >= 0.6 is 11.6 Å². The predicted octanol–water partition coefficient (Wildman–Crippen LogP) is 2.38. The zero-order valence-corrected chi connectivity index (χ0v) is 8.81. The number of amides is 1. The molecule has 1 aromatic carbocycles. The minimum absolute atomic E-state index is 0.359. The molecule has 1 unspecified atom stereocenters. The van der Waals surface area contributed by atoms with Crippen molar-refractivity contribution in [2.75, 3.05) is 6.54 Å². The van der Waals surface area contributed by atoms with Crippen LogP contribution in [0, 0.1) is 11.6 Å². The van der Waals surface area contributed by atoms with Gasteiger partial charge in [0.1, 0.15) is 17.0 Å². The molecule has 0 aromatic heterocycles. The van der Waals surface area contributed by atoms with Gasteiger partial charge in [-0.25, -0.2) is 8.78 Å². The summed E-state index contributed by atoms with van der Waals surface area (Å²) in [6, 6.07) is 3.34. The molecule has 0 heterocycles. The van der Waals surface area contributed by atoms with Gasteiger partial charge in [-0.15, -0.1) is 11.6 Å². The lowest BCUT2D eigenvalue weighted by Crippen LogP contribution is -2.27. The molecular formula is C10H10ClF2NO. The van der Waals surface area contributed by atoms with Gasteiger partial charge in [0, 0.05) is 6.54 Å². The number of benzene rings is 1. The van der Waals surface area contributed by atoms with Gasteiger partial charge in [0.05, 0.1) is 5.56 Å². The Morgan fingerprint density at radius 1 is 1.47 bits per heavy atom. The number of hydrogen-bond donors (Lipinski definition) is 1. The van der Waals surface area contributed by atoms with E-state index in [0.29, 0.717) is 6.54 Å². The Morgan fingerprint density at radius 3 is 2.47 bits per heavy atom. The summed E-state index contributed by atoms with van der Waals surface area (Å²) in [5.74, 6) is -2.24. The van der Waals surface area contributed by atoms with Crippen LogP contribution in [0.4, 0.5) is 8.78 Å². The number of nitrogens with one attached hydrogen (secondary N) is 1. The van der Waals surface area contributed by atoms with E-state index in [-0.39, 0.29) is 0 Å². The first-order valence-corrected chi connectivity index (χ1v) is 4.87. The Labute approximate surface area is 91.2 Å². The second-order valence-electron chi connectivity index (χ2n) is 2.89. The summed E-state index contributed by atoms with van der Waals surface area (Å²) in [4.78, 5) is 11.3. The van der Waals surface area contributed by atoms with Crippen molar-refractivity contribution in [2.24, 2.45) is 0 Å². The smallest absolute Gasteiger partial charge is 0.242 e. The van der Waals surface area contributed by atoms with Gasteiger partial charge in [-0.3, -0.25) is 4.79 Å². The van der Waals surface area contributed by atoms with E-state index in [1.165, 1.54) is 6.07 Å². The topological polar surface area (TPSA) is 29.1 Å². The first-order valence-electron chi connectivity index (χ1n) is 4.43. The summed E-state index contributed by atoms with van der Waals surface area (Å²) >= 11 is 5.65. The summed E-state index contributed by atoms with van der Waals surface area (Å²) in [5, 5.41) is 1.05. The molecule has 0 radical (unpaired) electrons. The maximum absolute atomic E-state index is 13.2. The van der Waals surface area contributed by atoms with E-state index in [1.54, 1.807) is 6.92 Å². The van der Waals surface area contributed by atoms with Crippen molar-refractivity contribution < 1.29 is 13.6 Å². The van der Waals surface area contributed by atoms with Gasteiger partial charge in [0.25, 0.3) is 0 Å². The van der Waals surface area contributed by atoms with E-state index in [2.05, 4.69) is 5.32 Å². The molecule has 1 rings (SSSR count). The number of carbonyl (C=O) groups is 1. The van der Waals surface area contributed by atoms with Crippen LogP contribution < -0.4 is 5.32 Å². The largest absolute Gasteiger partial charge is 0.355 e. The van der Waals surface area contributed by atoms with Crippen LogP contribution in [-0.4, -0.2) is 12.5 Å². The molecule has 0 spiro atoms. The quantitative estimate of drug-likeness (QED) is 0.798. The minimum Gasteiger partial charge on any atom is -0.355 e. The molecule has 0 saturated carbocycles. The van der Waals surface area contributed by atoms with Gasteiger partial charge < -0.3 is 5.32 Å². The number of alkyl halides is 1. The molecule has 0 fully saturated rings. The molecule has 5 heteroatoms. The van der Waals surface area contributed by atoms with Crippen molar-refractivity contribution in [1.29, 1.82) is 0 Å². The van der Waals surface area contributed by atoms with E-state index >= 15 is 0 Å². The number of carbonyl (C=O) groups excluding carboxylic acids is 1. The summed E-state index contributed by atoms with van der Waals surface area (Å²) in [7, 11) is 0. The van der Waals surface area contributed by atoms with Gasteiger partial charge in [-0.2, -0.15) is 0 Å². The summed E-state index contributed by atoms with van der Waals surface area (Å²) in [6.07, 6.45) is 0. The summed E-state index contributed by atoms with van der Waals surface area (Å²) in [6.45, 7) is 2.05. The monoisotopic (exact) mass is 233 g/mol. The molecule has 1 aromatic rings. The van der Waals surface area contributed by atoms with Crippen molar-refractivity contribution in [3.63, 3.8) is 0 Å². The molecule has 82 valence electrons. The van der Waals surface area contributed by atoms with Crippen molar-refractivity contribution >= 4 is 17.5 Å². The summed E-state index contributed by atoms with van der Waals surface area (Å²) < 4.78 is 26.4. The Morgan fingerprint density at radius 2 is 2.00 bits per heavy atom. The fraction of sp³-hybridized carbons (Fsp3) is 0.300. The van der Waals surface area contributed by atoms with Gasteiger partial charge in [0.15, 0.2) is 0 Å². The van der Waals surface area contributed by atoms with Crippen LogP contribution in [0.1, 0.15) is 17.9 Å². The van der Waals surface area contributed by atoms with Crippen LogP contribution in [0.2, 0.25) is 0 Å². The second kappa shape index (κ2) is 5.07. The highest BCUT2D eigenvalue weighted by Gasteiger charge is 2.23. The fourth-order valence-electron chi connectivity index (χ4n) is 1.15. The van der Waals surface area contributed by atoms with Crippen molar-refractivity contribution in [3.8, 4) is 0 Å². The normalized spacial score (nSPS) is 12.3. The van der Waals surface area contributed by atoms with Gasteiger partial charge in [0.2, 0.25) is 5.91 Å². The lowest BCUT2D eigenvalue weighted by molar-refractivity contribution is -0.120. The van der Waals surface area contributed by atoms with Crippen LogP contribution in [0.3, 0.4) is 0 Å². The third kappa shape index (κ3) is 2.65. The highest BCUT2D eigenvalue weighted by molar-refractivity contribution is 6.30. The van der Waals surface area contributed by atoms with E-state index in [1.807, 2.05) is 0 Å². The van der Waals surface area contributed by atoms with E-state index in [4.69, 9.17) is 11.6 Å². The van der Waals surface area contributed by atoms with Crippen LogP contribution in [0.25, 0.3) is 0 Å². The highest BCUT2D eigenvalue weighted by atomic mass is 35.5. The molecule has 15 heavy (non-hydrogen) atoms. The van der Waals surface area contributed by atoms with Crippen LogP contribution in [0.15, 0.2) is 18.2 Å². The third-order valence-electron chi connectivity index (χ3n) is 1.83. The van der Waals surface area contributed by atoms with Crippen LogP contribution in [-0.2, 0) is 4.79 Å². The lowest BCUT2D eigenvalue weighted by atomic mass is 10.1. The number of hydrogen-bond acceptors (Lipinski definition) is 1. The first kappa shape index (κ1) is 11.9. The van der Waals surface area contributed by atoms with Gasteiger partial charge in [-0.1, -0.05) is 6.07 Å².